The van der Waals surface area contributed by atoms with E-state index < -0.39 is 29.2 Å². The van der Waals surface area contributed by atoms with Gasteiger partial charge in [0, 0.05) is 0 Å². The maximum atomic E-state index is 13.6. The first kappa shape index (κ1) is 24.3. The summed E-state index contributed by atoms with van der Waals surface area (Å²) < 4.78 is 1.20. The number of primary amides is 1. The second-order valence-electron chi connectivity index (χ2n) is 8.21. The molecule has 10 heteroatoms. The number of benzene rings is 2. The SMILES string of the molecule is CC(C)[C@H](NC(N)=O)C(=O)N(Cc1ccccc1)c1c(N)n(Cc2ccccc2)c(=O)[nH]c1=O. The Hall–Kier alpha value is -4.34. The molecule has 0 bridgehead atoms. The van der Waals surface area contributed by atoms with E-state index in [1.165, 1.54) is 9.47 Å². The van der Waals surface area contributed by atoms with Crippen molar-refractivity contribution in [2.45, 2.75) is 33.0 Å². The van der Waals surface area contributed by atoms with E-state index in [1.54, 1.807) is 38.1 Å². The fourth-order valence-corrected chi connectivity index (χ4v) is 3.63. The molecule has 3 rings (SSSR count). The number of aromatic amines is 1. The molecule has 34 heavy (non-hydrogen) atoms. The first-order chi connectivity index (χ1) is 16.2. The Labute approximate surface area is 196 Å². The van der Waals surface area contributed by atoms with Gasteiger partial charge in [0.15, 0.2) is 5.69 Å². The molecule has 0 saturated carbocycles. The number of hydrogen-bond donors (Lipinski definition) is 4. The van der Waals surface area contributed by atoms with Crippen molar-refractivity contribution < 1.29 is 9.59 Å². The number of anilines is 2. The summed E-state index contributed by atoms with van der Waals surface area (Å²) in [6.45, 7) is 3.56. The van der Waals surface area contributed by atoms with Crippen LogP contribution < -0.4 is 32.9 Å². The van der Waals surface area contributed by atoms with Crippen molar-refractivity contribution in [3.63, 3.8) is 0 Å². The summed E-state index contributed by atoms with van der Waals surface area (Å²) in [6.07, 6.45) is 0. The van der Waals surface area contributed by atoms with E-state index in [4.69, 9.17) is 11.5 Å². The largest absolute Gasteiger partial charge is 0.383 e. The molecule has 6 N–H and O–H groups in total. The molecule has 3 aromatic rings. The molecule has 0 aliphatic heterocycles. The van der Waals surface area contributed by atoms with Gasteiger partial charge >= 0.3 is 11.7 Å². The van der Waals surface area contributed by atoms with Crippen molar-refractivity contribution in [3.8, 4) is 0 Å². The maximum Gasteiger partial charge on any atom is 0.330 e. The van der Waals surface area contributed by atoms with Gasteiger partial charge in [-0.3, -0.25) is 24.0 Å². The van der Waals surface area contributed by atoms with E-state index in [0.29, 0.717) is 0 Å². The third-order valence-electron chi connectivity index (χ3n) is 5.35. The molecule has 3 amide bonds. The number of aromatic nitrogens is 2. The normalized spacial score (nSPS) is 11.7. The predicted octanol–water partition coefficient (Wildman–Crippen LogP) is 1.39. The molecule has 1 atom stereocenters. The number of rotatable bonds is 8. The van der Waals surface area contributed by atoms with Gasteiger partial charge in [0.1, 0.15) is 11.9 Å². The van der Waals surface area contributed by atoms with Crippen molar-refractivity contribution in [1.29, 1.82) is 0 Å². The number of nitrogens with one attached hydrogen (secondary N) is 2. The molecule has 0 aliphatic rings. The topological polar surface area (TPSA) is 156 Å². The lowest BCUT2D eigenvalue weighted by Crippen LogP contribution is -2.54. The van der Waals surface area contributed by atoms with Gasteiger partial charge < -0.3 is 16.8 Å². The molecule has 0 spiro atoms. The van der Waals surface area contributed by atoms with Crippen LogP contribution in [0.3, 0.4) is 0 Å². The van der Waals surface area contributed by atoms with Crippen molar-refractivity contribution in [3.05, 3.63) is 92.6 Å². The number of nitrogen functional groups attached to an aromatic ring is 1. The number of nitrogens with zero attached hydrogens (tertiary/aromatic N) is 2. The van der Waals surface area contributed by atoms with Gasteiger partial charge in [-0.25, -0.2) is 9.59 Å². The van der Waals surface area contributed by atoms with Gasteiger partial charge in [-0.1, -0.05) is 74.5 Å². The number of nitrogens with two attached hydrogens (primary N) is 2. The summed E-state index contributed by atoms with van der Waals surface area (Å²) in [6, 6.07) is 16.2. The third kappa shape index (κ3) is 5.52. The quantitative estimate of drug-likeness (QED) is 0.396. The van der Waals surface area contributed by atoms with Crippen molar-refractivity contribution in [2.75, 3.05) is 10.6 Å². The highest BCUT2D eigenvalue weighted by molar-refractivity contribution is 6.00. The van der Waals surface area contributed by atoms with Crippen LogP contribution in [0.15, 0.2) is 70.3 Å². The van der Waals surface area contributed by atoms with Gasteiger partial charge in [-0.15, -0.1) is 0 Å². The monoisotopic (exact) mass is 464 g/mol. The Morgan fingerprint density at radius 3 is 2.09 bits per heavy atom. The fourth-order valence-electron chi connectivity index (χ4n) is 3.63. The highest BCUT2D eigenvalue weighted by atomic mass is 16.2. The summed E-state index contributed by atoms with van der Waals surface area (Å²) >= 11 is 0. The summed E-state index contributed by atoms with van der Waals surface area (Å²) in [7, 11) is 0. The minimum absolute atomic E-state index is 0.0137. The lowest BCUT2D eigenvalue weighted by molar-refractivity contribution is -0.121. The average molecular weight is 465 g/mol. The molecule has 0 fully saturated rings. The highest BCUT2D eigenvalue weighted by Crippen LogP contribution is 2.22. The lowest BCUT2D eigenvalue weighted by Gasteiger charge is -2.30. The number of carbonyl (C=O) groups is 2. The number of H-pyrrole nitrogens is 1. The van der Waals surface area contributed by atoms with Crippen LogP contribution in [0.2, 0.25) is 0 Å². The summed E-state index contributed by atoms with van der Waals surface area (Å²) in [5.74, 6) is -1.09. The van der Waals surface area contributed by atoms with E-state index in [0.717, 1.165) is 11.1 Å². The number of carbonyl (C=O) groups excluding carboxylic acids is 2. The molecule has 0 saturated heterocycles. The molecular formula is C24H28N6O4. The van der Waals surface area contributed by atoms with Gasteiger partial charge in [0.2, 0.25) is 5.91 Å². The van der Waals surface area contributed by atoms with Crippen LogP contribution in [-0.2, 0) is 17.9 Å². The van der Waals surface area contributed by atoms with Crippen molar-refractivity contribution in [2.24, 2.45) is 11.7 Å². The fraction of sp³-hybridized carbons (Fsp3) is 0.250. The minimum Gasteiger partial charge on any atom is -0.383 e. The van der Waals surface area contributed by atoms with E-state index in [-0.39, 0.29) is 30.5 Å². The first-order valence-corrected chi connectivity index (χ1v) is 10.8. The van der Waals surface area contributed by atoms with Gasteiger partial charge in [0.25, 0.3) is 5.56 Å². The van der Waals surface area contributed by atoms with Crippen molar-refractivity contribution >= 4 is 23.4 Å². The second-order valence-corrected chi connectivity index (χ2v) is 8.21. The van der Waals surface area contributed by atoms with Crippen LogP contribution >= 0.6 is 0 Å². The summed E-state index contributed by atoms with van der Waals surface area (Å²) in [4.78, 5) is 54.2. The molecule has 0 radical (unpaired) electrons. The highest BCUT2D eigenvalue weighted by Gasteiger charge is 2.32. The van der Waals surface area contributed by atoms with Gasteiger partial charge in [0.05, 0.1) is 13.1 Å². The van der Waals surface area contributed by atoms with Crippen LogP contribution in [0, 0.1) is 5.92 Å². The van der Waals surface area contributed by atoms with Gasteiger partial charge in [-0.2, -0.15) is 0 Å². The Balaban J connectivity index is 2.15. The molecule has 1 heterocycles. The first-order valence-electron chi connectivity index (χ1n) is 10.8. The van der Waals surface area contributed by atoms with Crippen LogP contribution in [0.1, 0.15) is 25.0 Å². The predicted molar refractivity (Wildman–Crippen MR) is 130 cm³/mol. The van der Waals surface area contributed by atoms with E-state index in [2.05, 4.69) is 10.3 Å². The van der Waals surface area contributed by atoms with E-state index in [1.807, 2.05) is 36.4 Å². The molecule has 1 aromatic heterocycles. The van der Waals surface area contributed by atoms with Gasteiger partial charge in [-0.05, 0) is 17.0 Å². The Bertz CT molecular complexity index is 1270. The molecule has 2 aromatic carbocycles. The maximum absolute atomic E-state index is 13.6. The zero-order valence-corrected chi connectivity index (χ0v) is 19.0. The zero-order chi connectivity index (χ0) is 24.8. The number of amides is 3. The molecule has 0 aliphatic carbocycles. The molecular weight excluding hydrogens is 436 g/mol. The van der Waals surface area contributed by atoms with Crippen LogP contribution in [0.4, 0.5) is 16.3 Å². The Kier molecular flexibility index (Phi) is 7.52. The van der Waals surface area contributed by atoms with E-state index >= 15 is 0 Å². The second kappa shape index (κ2) is 10.5. The van der Waals surface area contributed by atoms with Crippen LogP contribution in [-0.4, -0.2) is 27.5 Å². The lowest BCUT2D eigenvalue weighted by atomic mass is 10.0. The van der Waals surface area contributed by atoms with Crippen LogP contribution in [0.5, 0.6) is 0 Å². The Morgan fingerprint density at radius 2 is 1.56 bits per heavy atom. The van der Waals surface area contributed by atoms with Crippen LogP contribution in [0.25, 0.3) is 0 Å². The standard InChI is InChI=1S/C24H28N6O4/c1-15(2)18(27-23(26)33)22(32)29(13-16-9-5-3-6-10-16)19-20(25)30(24(34)28-21(19)31)14-17-11-7-4-8-12-17/h3-12,15,18H,13-14,25H2,1-2H3,(H3,26,27,33)(H,28,31,34)/t18-/m0/s1. The van der Waals surface area contributed by atoms with E-state index in [9.17, 15) is 19.2 Å². The molecule has 178 valence electrons. The summed E-state index contributed by atoms with van der Waals surface area (Å²) in [5, 5.41) is 2.45. The Morgan fingerprint density at radius 1 is 1.00 bits per heavy atom. The number of hydrogen-bond acceptors (Lipinski definition) is 5. The minimum atomic E-state index is -1.02. The summed E-state index contributed by atoms with van der Waals surface area (Å²) in [5.41, 5.74) is 11.5. The molecule has 0 unspecified atom stereocenters. The smallest absolute Gasteiger partial charge is 0.330 e. The third-order valence-corrected chi connectivity index (χ3v) is 5.35. The van der Waals surface area contributed by atoms with Crippen molar-refractivity contribution in [1.82, 2.24) is 14.9 Å². The molecule has 10 nitrogen and oxygen atoms in total. The average Bonchev–Trinajstić information content (AvgIpc) is 2.80. The zero-order valence-electron chi connectivity index (χ0n) is 19.0. The number of urea groups is 1.